The first-order valence-corrected chi connectivity index (χ1v) is 9.54. The van der Waals surface area contributed by atoms with Crippen molar-refractivity contribution in [3.63, 3.8) is 0 Å². The van der Waals surface area contributed by atoms with Gasteiger partial charge in [0.15, 0.2) is 5.11 Å². The number of nitrogens with zero attached hydrogens (tertiary/aromatic N) is 3. The zero-order chi connectivity index (χ0) is 19.5. The normalized spacial score (nSPS) is 18.9. The van der Waals surface area contributed by atoms with Crippen molar-refractivity contribution in [3.8, 4) is 11.4 Å². The molecule has 3 aromatic rings. The van der Waals surface area contributed by atoms with E-state index in [2.05, 4.69) is 20.9 Å². The SMILES string of the molecule is COc1ccc(-n2cccc2[C@H]2[C@@H](c3ccccn3)NC(=S)N2CCO)cc1. The molecule has 0 spiro atoms. The molecule has 1 aromatic carbocycles. The van der Waals surface area contributed by atoms with Crippen LogP contribution in [0.3, 0.4) is 0 Å². The van der Waals surface area contributed by atoms with Gasteiger partial charge in [0, 0.05) is 30.3 Å². The van der Waals surface area contributed by atoms with E-state index in [9.17, 15) is 5.11 Å². The number of aliphatic hydroxyl groups excluding tert-OH is 1. The second-order valence-corrected chi connectivity index (χ2v) is 6.93. The minimum Gasteiger partial charge on any atom is -0.497 e. The van der Waals surface area contributed by atoms with Crippen molar-refractivity contribution in [1.29, 1.82) is 0 Å². The Balaban J connectivity index is 1.77. The molecule has 7 heteroatoms. The Morgan fingerprint density at radius 3 is 2.64 bits per heavy atom. The predicted octanol–water partition coefficient (Wildman–Crippen LogP) is 2.85. The van der Waals surface area contributed by atoms with E-state index >= 15 is 0 Å². The van der Waals surface area contributed by atoms with Gasteiger partial charge < -0.3 is 24.6 Å². The number of aromatic nitrogens is 2. The minimum atomic E-state index is -0.104. The number of hydrogen-bond acceptors (Lipinski definition) is 4. The predicted molar refractivity (Wildman–Crippen MR) is 112 cm³/mol. The molecule has 2 aromatic heterocycles. The molecule has 144 valence electrons. The lowest BCUT2D eigenvalue weighted by Gasteiger charge is -2.28. The van der Waals surface area contributed by atoms with E-state index in [0.717, 1.165) is 22.8 Å². The van der Waals surface area contributed by atoms with Gasteiger partial charge >= 0.3 is 0 Å². The highest BCUT2D eigenvalue weighted by atomic mass is 32.1. The molecule has 1 aliphatic rings. The van der Waals surface area contributed by atoms with E-state index in [1.165, 1.54) is 0 Å². The van der Waals surface area contributed by atoms with Gasteiger partial charge in [0.1, 0.15) is 5.75 Å². The van der Waals surface area contributed by atoms with Crippen molar-refractivity contribution < 1.29 is 9.84 Å². The number of nitrogens with one attached hydrogen (secondary N) is 1. The molecule has 3 heterocycles. The van der Waals surface area contributed by atoms with Crippen LogP contribution in [0.15, 0.2) is 67.0 Å². The van der Waals surface area contributed by atoms with E-state index < -0.39 is 0 Å². The Bertz CT molecular complexity index is 943. The fourth-order valence-corrected chi connectivity index (χ4v) is 4.02. The lowest BCUT2D eigenvalue weighted by molar-refractivity contribution is 0.220. The molecule has 1 aliphatic heterocycles. The zero-order valence-corrected chi connectivity index (χ0v) is 16.3. The van der Waals surface area contributed by atoms with Gasteiger partial charge in [-0.2, -0.15) is 0 Å². The molecule has 0 bridgehead atoms. The summed E-state index contributed by atoms with van der Waals surface area (Å²) < 4.78 is 7.41. The van der Waals surface area contributed by atoms with Crippen molar-refractivity contribution in [2.45, 2.75) is 12.1 Å². The first-order valence-electron chi connectivity index (χ1n) is 9.13. The summed E-state index contributed by atoms with van der Waals surface area (Å²) in [5.41, 5.74) is 3.02. The van der Waals surface area contributed by atoms with Gasteiger partial charge in [0.05, 0.1) is 31.5 Å². The first kappa shape index (κ1) is 18.5. The van der Waals surface area contributed by atoms with Crippen LogP contribution in [-0.2, 0) is 0 Å². The van der Waals surface area contributed by atoms with Crippen LogP contribution in [0, 0.1) is 0 Å². The summed E-state index contributed by atoms with van der Waals surface area (Å²) in [6.07, 6.45) is 3.82. The first-order chi connectivity index (χ1) is 13.7. The quantitative estimate of drug-likeness (QED) is 0.627. The van der Waals surface area contributed by atoms with Crippen molar-refractivity contribution >= 4 is 17.3 Å². The number of hydrogen-bond donors (Lipinski definition) is 2. The molecule has 0 radical (unpaired) electrons. The number of β-amino-alcohol motifs (C(OH)–C–C–N with tert-alkyl or cyclic N) is 1. The highest BCUT2D eigenvalue weighted by Crippen LogP contribution is 2.39. The van der Waals surface area contributed by atoms with Gasteiger partial charge in [0.2, 0.25) is 0 Å². The minimum absolute atomic E-state index is 0.0243. The lowest BCUT2D eigenvalue weighted by Crippen LogP contribution is -2.32. The monoisotopic (exact) mass is 394 g/mol. The standard InChI is InChI=1S/C21H22N4O2S/c1-27-16-9-7-15(8-10-16)24-12-4-6-18(24)20-19(17-5-2-3-11-22-17)23-21(28)25(20)13-14-26/h2-12,19-20,26H,13-14H2,1H3,(H,23,28)/t19-,20+/m1/s1. The number of thiocarbonyl (C=S) groups is 1. The van der Waals surface area contributed by atoms with Gasteiger partial charge in [-0.15, -0.1) is 0 Å². The molecule has 6 nitrogen and oxygen atoms in total. The van der Waals surface area contributed by atoms with Crippen LogP contribution >= 0.6 is 12.2 Å². The van der Waals surface area contributed by atoms with E-state index in [4.69, 9.17) is 17.0 Å². The van der Waals surface area contributed by atoms with E-state index in [-0.39, 0.29) is 18.7 Å². The van der Waals surface area contributed by atoms with Crippen molar-refractivity contribution in [2.75, 3.05) is 20.3 Å². The zero-order valence-electron chi connectivity index (χ0n) is 15.5. The van der Waals surface area contributed by atoms with Crippen LogP contribution in [0.25, 0.3) is 5.69 Å². The Morgan fingerprint density at radius 1 is 1.14 bits per heavy atom. The average Bonchev–Trinajstić information content (AvgIpc) is 3.34. The van der Waals surface area contributed by atoms with Gasteiger partial charge in [-0.05, 0) is 60.7 Å². The van der Waals surface area contributed by atoms with Gasteiger partial charge in [-0.1, -0.05) is 6.07 Å². The van der Waals surface area contributed by atoms with Crippen LogP contribution < -0.4 is 10.1 Å². The maximum atomic E-state index is 9.60. The van der Waals surface area contributed by atoms with Crippen LogP contribution in [0.5, 0.6) is 5.75 Å². The highest BCUT2D eigenvalue weighted by Gasteiger charge is 2.40. The smallest absolute Gasteiger partial charge is 0.170 e. The van der Waals surface area contributed by atoms with Crippen LogP contribution in [-0.4, -0.2) is 44.9 Å². The third kappa shape index (κ3) is 3.34. The van der Waals surface area contributed by atoms with E-state index in [0.29, 0.717) is 11.7 Å². The Labute approximate surface area is 169 Å². The molecule has 2 atom stereocenters. The van der Waals surface area contributed by atoms with Gasteiger partial charge in [0.25, 0.3) is 0 Å². The number of rotatable bonds is 6. The molecule has 0 unspecified atom stereocenters. The molecule has 4 rings (SSSR count). The second kappa shape index (κ2) is 8.00. The van der Waals surface area contributed by atoms with E-state index in [1.54, 1.807) is 13.3 Å². The molecule has 0 saturated carbocycles. The van der Waals surface area contributed by atoms with Crippen molar-refractivity contribution in [1.82, 2.24) is 19.8 Å². The fraction of sp³-hybridized carbons (Fsp3) is 0.238. The molecule has 0 aliphatic carbocycles. The average molecular weight is 395 g/mol. The highest BCUT2D eigenvalue weighted by molar-refractivity contribution is 7.80. The molecular formula is C21H22N4O2S. The van der Waals surface area contributed by atoms with Crippen LogP contribution in [0.2, 0.25) is 0 Å². The number of aliphatic hydroxyl groups is 1. The molecule has 2 N–H and O–H groups in total. The largest absolute Gasteiger partial charge is 0.497 e. The number of ether oxygens (including phenoxy) is 1. The maximum absolute atomic E-state index is 9.60. The number of methoxy groups -OCH3 is 1. The Kier molecular flexibility index (Phi) is 5.27. The van der Waals surface area contributed by atoms with Gasteiger partial charge in [-0.3, -0.25) is 4.98 Å². The fourth-order valence-electron chi connectivity index (χ4n) is 3.69. The molecule has 1 fully saturated rings. The third-order valence-electron chi connectivity index (χ3n) is 4.97. The van der Waals surface area contributed by atoms with Crippen LogP contribution in [0.1, 0.15) is 23.5 Å². The molecule has 1 saturated heterocycles. The molecule has 28 heavy (non-hydrogen) atoms. The molecule has 0 amide bonds. The maximum Gasteiger partial charge on any atom is 0.170 e. The summed E-state index contributed by atoms with van der Waals surface area (Å²) in [6, 6.07) is 17.7. The topological polar surface area (TPSA) is 62.5 Å². The summed E-state index contributed by atoms with van der Waals surface area (Å²) in [7, 11) is 1.66. The van der Waals surface area contributed by atoms with Crippen molar-refractivity contribution in [3.05, 3.63) is 78.4 Å². The lowest BCUT2D eigenvalue weighted by atomic mass is 10.0. The second-order valence-electron chi connectivity index (χ2n) is 6.54. The Hall–Kier alpha value is -2.90. The van der Waals surface area contributed by atoms with Gasteiger partial charge in [-0.25, -0.2) is 0 Å². The summed E-state index contributed by atoms with van der Waals surface area (Å²) in [6.45, 7) is 0.476. The third-order valence-corrected chi connectivity index (χ3v) is 5.32. The number of benzene rings is 1. The summed E-state index contributed by atoms with van der Waals surface area (Å²) in [5.74, 6) is 0.814. The Morgan fingerprint density at radius 2 is 1.96 bits per heavy atom. The molecular weight excluding hydrogens is 372 g/mol. The van der Waals surface area contributed by atoms with Crippen LogP contribution in [0.4, 0.5) is 0 Å². The number of pyridine rings is 1. The summed E-state index contributed by atoms with van der Waals surface area (Å²) in [4.78, 5) is 6.57. The van der Waals surface area contributed by atoms with Crippen molar-refractivity contribution in [2.24, 2.45) is 0 Å². The van der Waals surface area contributed by atoms with E-state index in [1.807, 2.05) is 59.6 Å². The summed E-state index contributed by atoms with van der Waals surface area (Å²) in [5, 5.41) is 13.6. The summed E-state index contributed by atoms with van der Waals surface area (Å²) >= 11 is 5.58.